The summed E-state index contributed by atoms with van der Waals surface area (Å²) in [5.41, 5.74) is 1.88. The molecule has 108 valence electrons. The topological polar surface area (TPSA) is 75.9 Å². The van der Waals surface area contributed by atoms with Gasteiger partial charge in [-0.15, -0.1) is 0 Å². The Balaban J connectivity index is 2.12. The Bertz CT molecular complexity index is 579. The molecule has 6 heteroatoms. The molecule has 0 radical (unpaired) electrons. The zero-order chi connectivity index (χ0) is 14.5. The van der Waals surface area contributed by atoms with Crippen molar-refractivity contribution < 1.29 is 4.52 Å². The van der Waals surface area contributed by atoms with Gasteiger partial charge in [0.2, 0.25) is 0 Å². The second-order valence-corrected chi connectivity index (χ2v) is 4.80. The van der Waals surface area contributed by atoms with E-state index < -0.39 is 0 Å². The number of aromatic nitrogens is 3. The Kier molecular flexibility index (Phi) is 4.55. The Morgan fingerprint density at radius 3 is 2.40 bits per heavy atom. The molecule has 0 aliphatic heterocycles. The minimum absolute atomic E-state index is 0.585. The first-order chi connectivity index (χ1) is 9.60. The van der Waals surface area contributed by atoms with Gasteiger partial charge in [-0.1, -0.05) is 12.1 Å². The summed E-state index contributed by atoms with van der Waals surface area (Å²) in [5, 5.41) is 10.6. The monoisotopic (exact) mass is 275 g/mol. The van der Waals surface area contributed by atoms with E-state index in [0.29, 0.717) is 6.54 Å². The van der Waals surface area contributed by atoms with Crippen LogP contribution in [0.5, 0.6) is 0 Å². The maximum Gasteiger partial charge on any atom is 0.135 e. The maximum atomic E-state index is 5.05. The number of aryl methyl sites for hydroxylation is 2. The van der Waals surface area contributed by atoms with Crippen LogP contribution in [0.4, 0.5) is 11.6 Å². The Morgan fingerprint density at radius 2 is 1.80 bits per heavy atom. The van der Waals surface area contributed by atoms with Gasteiger partial charge >= 0.3 is 0 Å². The first-order valence-corrected chi connectivity index (χ1v) is 6.85. The third-order valence-corrected chi connectivity index (χ3v) is 2.91. The van der Waals surface area contributed by atoms with Crippen LogP contribution >= 0.6 is 0 Å². The summed E-state index contributed by atoms with van der Waals surface area (Å²) in [6.45, 7) is 9.39. The highest BCUT2D eigenvalue weighted by atomic mass is 16.5. The van der Waals surface area contributed by atoms with Crippen molar-refractivity contribution in [3.63, 3.8) is 0 Å². The molecule has 0 bridgehead atoms. The van der Waals surface area contributed by atoms with Crippen molar-refractivity contribution in [3.05, 3.63) is 28.9 Å². The second kappa shape index (κ2) is 6.36. The van der Waals surface area contributed by atoms with Crippen molar-refractivity contribution >= 4 is 11.6 Å². The fourth-order valence-corrected chi connectivity index (χ4v) is 1.89. The molecule has 0 saturated heterocycles. The lowest BCUT2D eigenvalue weighted by atomic mass is 10.3. The highest BCUT2D eigenvalue weighted by Crippen LogP contribution is 2.20. The molecule has 2 heterocycles. The molecule has 0 spiro atoms. The average Bonchev–Trinajstić information content (AvgIpc) is 2.83. The minimum atomic E-state index is 0.585. The molecular formula is C14H21N5O. The van der Waals surface area contributed by atoms with Crippen LogP contribution < -0.4 is 10.6 Å². The summed E-state index contributed by atoms with van der Waals surface area (Å²) in [6.07, 6.45) is 1.06. The average molecular weight is 275 g/mol. The van der Waals surface area contributed by atoms with E-state index in [-0.39, 0.29) is 0 Å². The zero-order valence-electron chi connectivity index (χ0n) is 12.4. The predicted octanol–water partition coefficient (Wildman–Crippen LogP) is 2.82. The Morgan fingerprint density at radius 1 is 1.10 bits per heavy atom. The van der Waals surface area contributed by atoms with Crippen molar-refractivity contribution in [1.29, 1.82) is 0 Å². The van der Waals surface area contributed by atoms with E-state index in [0.717, 1.165) is 47.4 Å². The van der Waals surface area contributed by atoms with Crippen molar-refractivity contribution in [2.75, 3.05) is 17.2 Å². The molecule has 2 aromatic rings. The number of nitrogens with one attached hydrogen (secondary N) is 2. The lowest BCUT2D eigenvalue weighted by Crippen LogP contribution is -2.10. The molecular weight excluding hydrogens is 254 g/mol. The van der Waals surface area contributed by atoms with Gasteiger partial charge in [-0.05, 0) is 27.2 Å². The molecule has 0 amide bonds. The van der Waals surface area contributed by atoms with E-state index in [1.807, 2.05) is 26.8 Å². The molecule has 0 aliphatic carbocycles. The molecule has 0 aliphatic rings. The van der Waals surface area contributed by atoms with E-state index in [2.05, 4.69) is 32.7 Å². The summed E-state index contributed by atoms with van der Waals surface area (Å²) in [4.78, 5) is 8.88. The third-order valence-electron chi connectivity index (χ3n) is 2.91. The van der Waals surface area contributed by atoms with Crippen molar-refractivity contribution in [1.82, 2.24) is 15.1 Å². The Labute approximate surface area is 119 Å². The van der Waals surface area contributed by atoms with Crippen LogP contribution in [0.25, 0.3) is 0 Å². The molecule has 0 aromatic carbocycles. The number of rotatable bonds is 6. The summed E-state index contributed by atoms with van der Waals surface area (Å²) in [6, 6.07) is 1.91. The van der Waals surface area contributed by atoms with Crippen LogP contribution in [0, 0.1) is 20.8 Å². The first-order valence-electron chi connectivity index (χ1n) is 6.85. The summed E-state index contributed by atoms with van der Waals surface area (Å²) in [7, 11) is 0. The molecule has 0 unspecified atom stereocenters. The van der Waals surface area contributed by atoms with Crippen LogP contribution in [0.2, 0.25) is 0 Å². The van der Waals surface area contributed by atoms with Gasteiger partial charge in [0.25, 0.3) is 0 Å². The van der Waals surface area contributed by atoms with Gasteiger partial charge in [0, 0.05) is 18.2 Å². The van der Waals surface area contributed by atoms with Gasteiger partial charge in [-0.3, -0.25) is 0 Å². The lowest BCUT2D eigenvalue weighted by molar-refractivity contribution is 0.391. The van der Waals surface area contributed by atoms with Crippen LogP contribution in [0.15, 0.2) is 10.6 Å². The van der Waals surface area contributed by atoms with Crippen molar-refractivity contribution in [2.24, 2.45) is 0 Å². The van der Waals surface area contributed by atoms with E-state index in [1.54, 1.807) is 0 Å². The SMILES string of the molecule is CCCNc1nc(C)nc(NCc2cc(C)on2)c1C. The number of anilines is 2. The van der Waals surface area contributed by atoms with Gasteiger partial charge < -0.3 is 15.2 Å². The Hall–Kier alpha value is -2.11. The van der Waals surface area contributed by atoms with Gasteiger partial charge in [-0.2, -0.15) is 0 Å². The quantitative estimate of drug-likeness (QED) is 0.844. The zero-order valence-corrected chi connectivity index (χ0v) is 12.4. The van der Waals surface area contributed by atoms with Gasteiger partial charge in [0.15, 0.2) is 0 Å². The number of hydrogen-bond acceptors (Lipinski definition) is 6. The van der Waals surface area contributed by atoms with Crippen molar-refractivity contribution in [3.8, 4) is 0 Å². The summed E-state index contributed by atoms with van der Waals surface area (Å²) < 4.78 is 5.05. The molecule has 0 fully saturated rings. The lowest BCUT2D eigenvalue weighted by Gasteiger charge is -2.13. The smallest absolute Gasteiger partial charge is 0.135 e. The largest absolute Gasteiger partial charge is 0.370 e. The highest BCUT2D eigenvalue weighted by molar-refractivity contribution is 5.57. The summed E-state index contributed by atoms with van der Waals surface area (Å²) in [5.74, 6) is 3.27. The summed E-state index contributed by atoms with van der Waals surface area (Å²) >= 11 is 0. The maximum absolute atomic E-state index is 5.05. The van der Waals surface area contributed by atoms with E-state index in [9.17, 15) is 0 Å². The standard InChI is InChI=1S/C14H21N5O/c1-5-6-15-13-10(3)14(18-11(4)17-13)16-8-12-7-9(2)20-19-12/h7H,5-6,8H2,1-4H3,(H2,15,16,17,18). The van der Waals surface area contributed by atoms with Gasteiger partial charge in [0.1, 0.15) is 28.9 Å². The predicted molar refractivity (Wildman–Crippen MR) is 78.9 cm³/mol. The number of hydrogen-bond donors (Lipinski definition) is 2. The third kappa shape index (κ3) is 3.46. The molecule has 2 aromatic heterocycles. The molecule has 2 N–H and O–H groups in total. The van der Waals surface area contributed by atoms with Crippen LogP contribution in [-0.4, -0.2) is 21.7 Å². The second-order valence-electron chi connectivity index (χ2n) is 4.80. The van der Waals surface area contributed by atoms with Crippen LogP contribution in [-0.2, 0) is 6.54 Å². The fourth-order valence-electron chi connectivity index (χ4n) is 1.89. The van der Waals surface area contributed by atoms with E-state index in [1.165, 1.54) is 0 Å². The molecule has 0 atom stereocenters. The molecule has 6 nitrogen and oxygen atoms in total. The van der Waals surface area contributed by atoms with Crippen LogP contribution in [0.3, 0.4) is 0 Å². The van der Waals surface area contributed by atoms with Gasteiger partial charge in [0.05, 0.1) is 6.54 Å². The highest BCUT2D eigenvalue weighted by Gasteiger charge is 2.09. The van der Waals surface area contributed by atoms with Crippen molar-refractivity contribution in [2.45, 2.75) is 40.7 Å². The fraction of sp³-hybridized carbons (Fsp3) is 0.500. The van der Waals surface area contributed by atoms with E-state index in [4.69, 9.17) is 4.52 Å². The molecule has 20 heavy (non-hydrogen) atoms. The number of nitrogens with zero attached hydrogens (tertiary/aromatic N) is 3. The normalized spacial score (nSPS) is 10.6. The molecule has 2 rings (SSSR count). The molecule has 0 saturated carbocycles. The first kappa shape index (κ1) is 14.3. The van der Waals surface area contributed by atoms with Gasteiger partial charge in [-0.25, -0.2) is 9.97 Å². The van der Waals surface area contributed by atoms with E-state index >= 15 is 0 Å². The van der Waals surface area contributed by atoms with Crippen LogP contribution in [0.1, 0.15) is 36.2 Å². The minimum Gasteiger partial charge on any atom is -0.370 e.